The summed E-state index contributed by atoms with van der Waals surface area (Å²) in [6, 6.07) is 10.6. The number of aryl methyl sites for hydroxylation is 1. The maximum Gasteiger partial charge on any atom is 0.270 e. The number of ether oxygens (including phenoxy) is 1. The van der Waals surface area contributed by atoms with Crippen LogP contribution in [0.1, 0.15) is 5.56 Å². The smallest absolute Gasteiger partial charge is 0.270 e. The van der Waals surface area contributed by atoms with E-state index in [0.717, 1.165) is 35.5 Å². The highest BCUT2D eigenvalue weighted by Crippen LogP contribution is 2.29. The van der Waals surface area contributed by atoms with Crippen molar-refractivity contribution in [2.75, 3.05) is 35.9 Å². The third kappa shape index (κ3) is 4.68. The van der Waals surface area contributed by atoms with Gasteiger partial charge in [-0.05, 0) is 24.6 Å². The SMILES string of the molecule is Cc1ccc([N+](=O)[O-])cc1S(=O)(=O)Nc1ccc(-c2csc(N3CCOCC3)n2)cc1. The van der Waals surface area contributed by atoms with E-state index in [1.54, 1.807) is 42.5 Å². The molecule has 9 nitrogen and oxygen atoms in total. The molecule has 0 unspecified atom stereocenters. The average molecular weight is 461 g/mol. The van der Waals surface area contributed by atoms with Gasteiger partial charge in [0.2, 0.25) is 0 Å². The summed E-state index contributed by atoms with van der Waals surface area (Å²) in [7, 11) is -3.97. The molecule has 2 aromatic carbocycles. The van der Waals surface area contributed by atoms with Gasteiger partial charge in [0, 0.05) is 41.9 Å². The lowest BCUT2D eigenvalue weighted by Gasteiger charge is -2.26. The molecule has 0 radical (unpaired) electrons. The molecule has 1 aromatic heterocycles. The third-order valence-electron chi connectivity index (χ3n) is 4.88. The van der Waals surface area contributed by atoms with Gasteiger partial charge in [-0.3, -0.25) is 14.8 Å². The molecular weight excluding hydrogens is 440 g/mol. The van der Waals surface area contributed by atoms with Gasteiger partial charge in [0.15, 0.2) is 5.13 Å². The van der Waals surface area contributed by atoms with Crippen molar-refractivity contribution >= 4 is 37.9 Å². The van der Waals surface area contributed by atoms with Crippen molar-refractivity contribution in [3.63, 3.8) is 0 Å². The third-order valence-corrected chi connectivity index (χ3v) is 7.30. The highest BCUT2D eigenvalue weighted by molar-refractivity contribution is 7.92. The zero-order chi connectivity index (χ0) is 22.0. The Morgan fingerprint density at radius 1 is 1.16 bits per heavy atom. The molecule has 1 saturated heterocycles. The molecule has 1 fully saturated rings. The second-order valence-corrected chi connectivity index (χ2v) is 9.49. The number of hydrogen-bond donors (Lipinski definition) is 1. The molecule has 1 aliphatic heterocycles. The molecular formula is C20H20N4O5S2. The van der Waals surface area contributed by atoms with Crippen molar-refractivity contribution in [1.82, 2.24) is 4.98 Å². The van der Waals surface area contributed by atoms with E-state index in [1.807, 2.05) is 5.38 Å². The standard InChI is InChI=1S/C20H20N4O5S2/c1-14-2-7-17(24(25)26)12-19(14)31(27,28)22-16-5-3-15(4-6-16)18-13-30-20(21-18)23-8-10-29-11-9-23/h2-7,12-13,22H,8-11H2,1H3. The lowest BCUT2D eigenvalue weighted by atomic mass is 10.1. The molecule has 162 valence electrons. The van der Waals surface area contributed by atoms with Crippen LogP contribution in [0, 0.1) is 17.0 Å². The first kappa shape index (κ1) is 21.2. The lowest BCUT2D eigenvalue weighted by Crippen LogP contribution is -2.36. The van der Waals surface area contributed by atoms with E-state index in [0.29, 0.717) is 24.5 Å². The molecule has 1 aliphatic rings. The van der Waals surface area contributed by atoms with Crippen LogP contribution in [0.4, 0.5) is 16.5 Å². The van der Waals surface area contributed by atoms with Crippen LogP contribution in [0.15, 0.2) is 52.7 Å². The highest BCUT2D eigenvalue weighted by atomic mass is 32.2. The van der Waals surface area contributed by atoms with Crippen LogP contribution in [0.2, 0.25) is 0 Å². The zero-order valence-electron chi connectivity index (χ0n) is 16.6. The normalized spacial score (nSPS) is 14.4. The number of rotatable bonds is 6. The summed E-state index contributed by atoms with van der Waals surface area (Å²) in [5, 5.41) is 13.9. The minimum absolute atomic E-state index is 0.125. The Morgan fingerprint density at radius 3 is 2.55 bits per heavy atom. The molecule has 11 heteroatoms. The fourth-order valence-electron chi connectivity index (χ4n) is 3.21. The summed E-state index contributed by atoms with van der Waals surface area (Å²) in [5.74, 6) is 0. The number of nitro benzene ring substituents is 1. The summed E-state index contributed by atoms with van der Waals surface area (Å²) < 4.78 is 33.4. The Balaban J connectivity index is 1.52. The van der Waals surface area contributed by atoms with Crippen molar-refractivity contribution in [2.45, 2.75) is 11.8 Å². The number of morpholine rings is 1. The first-order chi connectivity index (χ1) is 14.8. The molecule has 4 rings (SSSR count). The first-order valence-electron chi connectivity index (χ1n) is 9.50. The number of aromatic nitrogens is 1. The van der Waals surface area contributed by atoms with Gasteiger partial charge in [-0.1, -0.05) is 18.2 Å². The van der Waals surface area contributed by atoms with Crippen LogP contribution >= 0.6 is 11.3 Å². The molecule has 3 aromatic rings. The van der Waals surface area contributed by atoms with Crippen molar-refractivity contribution in [2.24, 2.45) is 0 Å². The maximum absolute atomic E-state index is 12.8. The number of nitro groups is 1. The van der Waals surface area contributed by atoms with E-state index in [-0.39, 0.29) is 10.6 Å². The van der Waals surface area contributed by atoms with E-state index >= 15 is 0 Å². The van der Waals surface area contributed by atoms with Crippen LogP contribution in [0.25, 0.3) is 11.3 Å². The van der Waals surface area contributed by atoms with Crippen LogP contribution in [0.5, 0.6) is 0 Å². The number of thiazole rings is 1. The topological polar surface area (TPSA) is 115 Å². The van der Waals surface area contributed by atoms with E-state index in [9.17, 15) is 18.5 Å². The molecule has 1 N–H and O–H groups in total. The fraction of sp³-hybridized carbons (Fsp3) is 0.250. The Bertz CT molecular complexity index is 1200. The summed E-state index contributed by atoms with van der Waals surface area (Å²) in [6.07, 6.45) is 0. The minimum atomic E-state index is -3.97. The predicted octanol–water partition coefficient (Wildman–Crippen LogP) is 3.66. The number of benzene rings is 2. The summed E-state index contributed by atoms with van der Waals surface area (Å²) >= 11 is 1.56. The summed E-state index contributed by atoms with van der Waals surface area (Å²) in [5.41, 5.74) is 2.19. The zero-order valence-corrected chi connectivity index (χ0v) is 18.3. The number of nitrogens with one attached hydrogen (secondary N) is 1. The van der Waals surface area contributed by atoms with Gasteiger partial charge in [0.1, 0.15) is 0 Å². The Kier molecular flexibility index (Phi) is 5.90. The van der Waals surface area contributed by atoms with Gasteiger partial charge in [-0.2, -0.15) is 0 Å². The van der Waals surface area contributed by atoms with Crippen molar-refractivity contribution in [3.05, 3.63) is 63.5 Å². The largest absolute Gasteiger partial charge is 0.378 e. The van der Waals surface area contributed by atoms with Gasteiger partial charge in [0.05, 0.1) is 28.7 Å². The fourth-order valence-corrected chi connectivity index (χ4v) is 5.42. The number of nitrogens with zero attached hydrogens (tertiary/aromatic N) is 3. The molecule has 0 bridgehead atoms. The van der Waals surface area contributed by atoms with Crippen molar-refractivity contribution < 1.29 is 18.1 Å². The molecule has 2 heterocycles. The number of sulfonamides is 1. The molecule has 0 spiro atoms. The van der Waals surface area contributed by atoms with Gasteiger partial charge >= 0.3 is 0 Å². The summed E-state index contributed by atoms with van der Waals surface area (Å²) in [4.78, 5) is 17.1. The van der Waals surface area contributed by atoms with Crippen LogP contribution in [-0.4, -0.2) is 44.6 Å². The van der Waals surface area contributed by atoms with E-state index in [2.05, 4.69) is 14.6 Å². The van der Waals surface area contributed by atoms with Crippen LogP contribution in [0.3, 0.4) is 0 Å². The average Bonchev–Trinajstić information content (AvgIpc) is 3.25. The van der Waals surface area contributed by atoms with E-state index < -0.39 is 14.9 Å². The predicted molar refractivity (Wildman–Crippen MR) is 119 cm³/mol. The molecule has 0 saturated carbocycles. The molecule has 0 atom stereocenters. The number of hydrogen-bond acceptors (Lipinski definition) is 8. The minimum Gasteiger partial charge on any atom is -0.378 e. The van der Waals surface area contributed by atoms with Gasteiger partial charge < -0.3 is 9.64 Å². The quantitative estimate of drug-likeness (QED) is 0.441. The van der Waals surface area contributed by atoms with E-state index in [4.69, 9.17) is 4.74 Å². The lowest BCUT2D eigenvalue weighted by molar-refractivity contribution is -0.385. The van der Waals surface area contributed by atoms with Gasteiger partial charge in [0.25, 0.3) is 15.7 Å². The second-order valence-electron chi connectivity index (χ2n) is 7.00. The van der Waals surface area contributed by atoms with Crippen molar-refractivity contribution in [3.8, 4) is 11.3 Å². The molecule has 31 heavy (non-hydrogen) atoms. The van der Waals surface area contributed by atoms with Crippen LogP contribution in [-0.2, 0) is 14.8 Å². The highest BCUT2D eigenvalue weighted by Gasteiger charge is 2.21. The number of anilines is 2. The summed E-state index contributed by atoms with van der Waals surface area (Å²) in [6.45, 7) is 4.59. The van der Waals surface area contributed by atoms with E-state index in [1.165, 1.54) is 12.1 Å². The Labute approximate surface area is 183 Å². The number of non-ortho nitro benzene ring substituents is 1. The van der Waals surface area contributed by atoms with Gasteiger partial charge in [-0.15, -0.1) is 11.3 Å². The molecule has 0 aliphatic carbocycles. The Morgan fingerprint density at radius 2 is 1.87 bits per heavy atom. The first-order valence-corrected chi connectivity index (χ1v) is 11.9. The van der Waals surface area contributed by atoms with Crippen LogP contribution < -0.4 is 9.62 Å². The maximum atomic E-state index is 12.8. The monoisotopic (exact) mass is 460 g/mol. The second kappa shape index (κ2) is 8.61. The molecule has 0 amide bonds. The Hall–Kier alpha value is -3.02. The van der Waals surface area contributed by atoms with Gasteiger partial charge in [-0.25, -0.2) is 13.4 Å². The van der Waals surface area contributed by atoms with Crippen molar-refractivity contribution in [1.29, 1.82) is 0 Å².